The summed E-state index contributed by atoms with van der Waals surface area (Å²) in [5.74, 6) is 0.509. The van der Waals surface area contributed by atoms with Gasteiger partial charge in [0.25, 0.3) is 0 Å². The van der Waals surface area contributed by atoms with Crippen molar-refractivity contribution in [3.63, 3.8) is 0 Å². The van der Waals surface area contributed by atoms with Crippen LogP contribution in [0.1, 0.15) is 51.6 Å². The smallest absolute Gasteiger partial charge is 0.237 e. The maximum absolute atomic E-state index is 12.2. The van der Waals surface area contributed by atoms with Gasteiger partial charge in [-0.1, -0.05) is 27.7 Å². The summed E-state index contributed by atoms with van der Waals surface area (Å²) < 4.78 is 0. The fraction of sp³-hybridized carbons (Fsp3) is 0.733. The third-order valence-electron chi connectivity index (χ3n) is 3.20. The van der Waals surface area contributed by atoms with E-state index in [0.717, 1.165) is 0 Å². The van der Waals surface area contributed by atoms with E-state index in [0.29, 0.717) is 29.7 Å². The number of hydrogen-bond acceptors (Lipinski definition) is 5. The lowest BCUT2D eigenvalue weighted by molar-refractivity contribution is -0.124. The molecule has 3 atom stereocenters. The Kier molecular flexibility index (Phi) is 9.84. The van der Waals surface area contributed by atoms with Gasteiger partial charge in [0.1, 0.15) is 11.1 Å². The zero-order valence-electron chi connectivity index (χ0n) is 13.7. The number of halogens is 1. The minimum absolute atomic E-state index is 0. The Morgan fingerprint density at radius 3 is 2.36 bits per heavy atom. The maximum atomic E-state index is 12.2. The maximum Gasteiger partial charge on any atom is 0.237 e. The quantitative estimate of drug-likeness (QED) is 0.672. The zero-order valence-corrected chi connectivity index (χ0v) is 15.3. The molecule has 0 spiro atoms. The molecule has 0 saturated carbocycles. The van der Waals surface area contributed by atoms with E-state index in [1.54, 1.807) is 6.20 Å². The highest BCUT2D eigenvalue weighted by Gasteiger charge is 2.27. The van der Waals surface area contributed by atoms with Crippen molar-refractivity contribution in [3.05, 3.63) is 16.6 Å². The molecule has 1 amide bonds. The van der Waals surface area contributed by atoms with Crippen LogP contribution in [0.5, 0.6) is 0 Å². The SMILES string of the molecule is CC(C)C[C@H](NC(=O)[C@@H](N)CC(C)C)[C@@H](O)c1nccs1.Cl. The number of nitrogens with two attached hydrogens (primary N) is 1. The molecule has 0 radical (unpaired) electrons. The second kappa shape index (κ2) is 10.2. The van der Waals surface area contributed by atoms with E-state index in [4.69, 9.17) is 5.73 Å². The summed E-state index contributed by atoms with van der Waals surface area (Å²) in [6, 6.07) is -0.898. The van der Waals surface area contributed by atoms with Crippen molar-refractivity contribution in [1.29, 1.82) is 0 Å². The second-order valence-electron chi connectivity index (χ2n) is 6.30. The molecular weight excluding hydrogens is 322 g/mol. The van der Waals surface area contributed by atoms with Gasteiger partial charge in [-0.25, -0.2) is 4.98 Å². The molecule has 0 bridgehead atoms. The van der Waals surface area contributed by atoms with Gasteiger partial charge in [-0.2, -0.15) is 0 Å². The fourth-order valence-corrected chi connectivity index (χ4v) is 2.92. The van der Waals surface area contributed by atoms with Crippen LogP contribution in [0.2, 0.25) is 0 Å². The number of nitrogens with one attached hydrogen (secondary N) is 1. The average molecular weight is 350 g/mol. The third-order valence-corrected chi connectivity index (χ3v) is 4.05. The van der Waals surface area contributed by atoms with Crippen molar-refractivity contribution in [1.82, 2.24) is 10.3 Å². The van der Waals surface area contributed by atoms with Crippen LogP contribution in [0.15, 0.2) is 11.6 Å². The van der Waals surface area contributed by atoms with Gasteiger partial charge in [-0.3, -0.25) is 4.79 Å². The van der Waals surface area contributed by atoms with Crippen molar-refractivity contribution in [3.8, 4) is 0 Å². The van der Waals surface area contributed by atoms with Gasteiger partial charge in [0.15, 0.2) is 0 Å². The van der Waals surface area contributed by atoms with Gasteiger partial charge in [-0.05, 0) is 24.7 Å². The van der Waals surface area contributed by atoms with Crippen molar-refractivity contribution in [2.75, 3.05) is 0 Å². The molecule has 0 aliphatic rings. The number of carbonyl (C=O) groups excluding carboxylic acids is 1. The Hall–Kier alpha value is -0.690. The highest BCUT2D eigenvalue weighted by atomic mass is 35.5. The van der Waals surface area contributed by atoms with Gasteiger partial charge in [-0.15, -0.1) is 23.7 Å². The van der Waals surface area contributed by atoms with Crippen LogP contribution < -0.4 is 11.1 Å². The molecule has 1 aromatic rings. The van der Waals surface area contributed by atoms with Gasteiger partial charge in [0.2, 0.25) is 5.91 Å². The van der Waals surface area contributed by atoms with Crippen LogP contribution in [-0.2, 0) is 4.79 Å². The average Bonchev–Trinajstić information content (AvgIpc) is 2.89. The Morgan fingerprint density at radius 2 is 1.91 bits per heavy atom. The lowest BCUT2D eigenvalue weighted by Crippen LogP contribution is -2.48. The summed E-state index contributed by atoms with van der Waals surface area (Å²) in [6.07, 6.45) is 2.18. The number of thiazole rings is 1. The first-order valence-corrected chi connectivity index (χ1v) is 8.32. The van der Waals surface area contributed by atoms with Gasteiger partial charge in [0.05, 0.1) is 12.1 Å². The van der Waals surface area contributed by atoms with Crippen LogP contribution in [-0.4, -0.2) is 28.1 Å². The second-order valence-corrected chi connectivity index (χ2v) is 7.22. The molecular formula is C15H28ClN3O2S. The highest BCUT2D eigenvalue weighted by molar-refractivity contribution is 7.09. The fourth-order valence-electron chi connectivity index (χ4n) is 2.23. The largest absolute Gasteiger partial charge is 0.384 e. The highest BCUT2D eigenvalue weighted by Crippen LogP contribution is 2.23. The predicted octanol–water partition coefficient (Wildman–Crippen LogP) is 2.50. The summed E-state index contributed by atoms with van der Waals surface area (Å²) in [6.45, 7) is 8.18. The molecule has 0 aliphatic heterocycles. The molecule has 0 fully saturated rings. The van der Waals surface area contributed by atoms with Gasteiger partial charge < -0.3 is 16.2 Å². The first-order chi connectivity index (χ1) is 9.81. The van der Waals surface area contributed by atoms with E-state index in [9.17, 15) is 9.90 Å². The molecule has 0 aromatic carbocycles. The summed E-state index contributed by atoms with van der Waals surface area (Å²) >= 11 is 1.39. The Balaban J connectivity index is 0.00000441. The molecule has 1 rings (SSSR count). The van der Waals surface area contributed by atoms with E-state index in [2.05, 4.69) is 24.1 Å². The normalized spacial score (nSPS) is 15.3. The number of aromatic nitrogens is 1. The van der Waals surface area contributed by atoms with E-state index >= 15 is 0 Å². The van der Waals surface area contributed by atoms with E-state index in [1.807, 2.05) is 19.2 Å². The molecule has 5 nitrogen and oxygen atoms in total. The van der Waals surface area contributed by atoms with Crippen molar-refractivity contribution in [2.45, 2.75) is 58.7 Å². The molecule has 0 aliphatic carbocycles. The van der Waals surface area contributed by atoms with Crippen LogP contribution in [0.3, 0.4) is 0 Å². The van der Waals surface area contributed by atoms with E-state index < -0.39 is 12.1 Å². The number of nitrogens with zero attached hydrogens (tertiary/aromatic N) is 1. The molecule has 7 heteroatoms. The number of aliphatic hydroxyl groups is 1. The summed E-state index contributed by atoms with van der Waals surface area (Å²) in [5.41, 5.74) is 5.91. The molecule has 128 valence electrons. The predicted molar refractivity (Wildman–Crippen MR) is 93.1 cm³/mol. The lowest BCUT2D eigenvalue weighted by atomic mass is 9.98. The molecule has 22 heavy (non-hydrogen) atoms. The zero-order chi connectivity index (χ0) is 16.0. The van der Waals surface area contributed by atoms with Crippen LogP contribution >= 0.6 is 23.7 Å². The van der Waals surface area contributed by atoms with E-state index in [1.165, 1.54) is 11.3 Å². The minimum atomic E-state index is -0.789. The first kappa shape index (κ1) is 21.3. The number of rotatable bonds is 8. The monoisotopic (exact) mass is 349 g/mol. The Labute approximate surface area is 143 Å². The molecule has 1 heterocycles. The molecule has 0 unspecified atom stereocenters. The molecule has 0 saturated heterocycles. The van der Waals surface area contributed by atoms with Crippen LogP contribution in [0.4, 0.5) is 0 Å². The van der Waals surface area contributed by atoms with Crippen molar-refractivity contribution in [2.24, 2.45) is 17.6 Å². The summed E-state index contributed by atoms with van der Waals surface area (Å²) in [5, 5.41) is 15.8. The van der Waals surface area contributed by atoms with Crippen molar-refractivity contribution >= 4 is 29.7 Å². The minimum Gasteiger partial charge on any atom is -0.384 e. The van der Waals surface area contributed by atoms with Gasteiger partial charge in [0, 0.05) is 11.6 Å². The molecule has 1 aromatic heterocycles. The van der Waals surface area contributed by atoms with Gasteiger partial charge >= 0.3 is 0 Å². The first-order valence-electron chi connectivity index (χ1n) is 7.44. The third kappa shape index (κ3) is 7.05. The number of hydrogen-bond donors (Lipinski definition) is 3. The topological polar surface area (TPSA) is 88.2 Å². The Morgan fingerprint density at radius 1 is 1.32 bits per heavy atom. The molecule has 4 N–H and O–H groups in total. The number of amides is 1. The van der Waals surface area contributed by atoms with Crippen LogP contribution in [0, 0.1) is 11.8 Å². The lowest BCUT2D eigenvalue weighted by Gasteiger charge is -2.26. The number of carbonyl (C=O) groups is 1. The van der Waals surface area contributed by atoms with Crippen molar-refractivity contribution < 1.29 is 9.90 Å². The van der Waals surface area contributed by atoms with E-state index in [-0.39, 0.29) is 24.4 Å². The van der Waals surface area contributed by atoms with Crippen LogP contribution in [0.25, 0.3) is 0 Å². The Bertz CT molecular complexity index is 426. The summed E-state index contributed by atoms with van der Waals surface area (Å²) in [4.78, 5) is 16.3. The summed E-state index contributed by atoms with van der Waals surface area (Å²) in [7, 11) is 0. The number of aliphatic hydroxyl groups excluding tert-OH is 1. The standard InChI is InChI=1S/C15H27N3O2S.ClH/c1-9(2)7-11(16)14(20)18-12(8-10(3)4)13(19)15-17-5-6-21-15;/h5-6,9-13,19H,7-8,16H2,1-4H3,(H,18,20);1H/t11-,12-,13+;/m0./s1.